The van der Waals surface area contributed by atoms with Gasteiger partial charge < -0.3 is 19.9 Å². The topological polar surface area (TPSA) is 91.8 Å². The fraction of sp³-hybridized carbons (Fsp3) is 0.500. The Balaban J connectivity index is 1.57. The van der Waals surface area contributed by atoms with Gasteiger partial charge in [0, 0.05) is 30.1 Å². The van der Waals surface area contributed by atoms with E-state index >= 15 is 0 Å². The van der Waals surface area contributed by atoms with Crippen LogP contribution >= 0.6 is 11.3 Å². The molecule has 0 radical (unpaired) electrons. The van der Waals surface area contributed by atoms with Crippen molar-refractivity contribution < 1.29 is 19.1 Å². The molecule has 0 bridgehead atoms. The van der Waals surface area contributed by atoms with Crippen molar-refractivity contribution in [1.29, 1.82) is 0 Å². The minimum Gasteiger partial charge on any atom is -0.372 e. The van der Waals surface area contributed by atoms with Gasteiger partial charge in [-0.05, 0) is 46.8 Å². The van der Waals surface area contributed by atoms with Gasteiger partial charge in [0.15, 0.2) is 5.13 Å². The number of anilines is 1. The molecule has 9 heteroatoms. The molecule has 1 N–H and O–H groups in total. The third-order valence-corrected chi connectivity index (χ3v) is 6.21. The fourth-order valence-electron chi connectivity index (χ4n) is 3.76. The third-order valence-electron chi connectivity index (χ3n) is 5.40. The smallest absolute Gasteiger partial charge is 0.254 e. The first-order chi connectivity index (χ1) is 15.6. The van der Waals surface area contributed by atoms with Crippen LogP contribution in [0.3, 0.4) is 0 Å². The van der Waals surface area contributed by atoms with Crippen LogP contribution in [0.1, 0.15) is 49.3 Å². The lowest BCUT2D eigenvalue weighted by Gasteiger charge is -2.35. The Morgan fingerprint density at radius 3 is 2.42 bits per heavy atom. The molecular formula is C24H32N4O4S. The summed E-state index contributed by atoms with van der Waals surface area (Å²) in [5.41, 5.74) is 2.23. The summed E-state index contributed by atoms with van der Waals surface area (Å²) in [5.74, 6) is -0.526. The zero-order valence-electron chi connectivity index (χ0n) is 19.8. The second-order valence-corrected chi connectivity index (χ2v) is 9.68. The first kappa shape index (κ1) is 24.9. The Labute approximate surface area is 198 Å². The molecule has 2 atom stereocenters. The van der Waals surface area contributed by atoms with Crippen LogP contribution in [0.5, 0.6) is 0 Å². The normalized spacial score (nSPS) is 18.3. The quantitative estimate of drug-likeness (QED) is 0.669. The summed E-state index contributed by atoms with van der Waals surface area (Å²) in [6.45, 7) is 10.7. The monoisotopic (exact) mass is 472 g/mol. The number of rotatable bonds is 7. The lowest BCUT2D eigenvalue weighted by Crippen LogP contribution is -2.48. The highest BCUT2D eigenvalue weighted by molar-refractivity contribution is 7.13. The SMILES string of the molecule is Cc1ccc(C(=O)N(CC(=O)Nc2nc(CC(=O)N3CC(C)OC(C)C3)cs2)C(C)C)cc1. The van der Waals surface area contributed by atoms with Gasteiger partial charge >= 0.3 is 0 Å². The number of thiazole rings is 1. The molecule has 2 heterocycles. The molecule has 0 aliphatic carbocycles. The van der Waals surface area contributed by atoms with E-state index in [0.29, 0.717) is 29.5 Å². The first-order valence-electron chi connectivity index (χ1n) is 11.2. The van der Waals surface area contributed by atoms with Crippen LogP contribution in [0.25, 0.3) is 0 Å². The lowest BCUT2D eigenvalue weighted by atomic mass is 10.1. The number of morpholine rings is 1. The molecule has 1 aromatic heterocycles. The Morgan fingerprint density at radius 1 is 1.18 bits per heavy atom. The van der Waals surface area contributed by atoms with E-state index in [2.05, 4.69) is 10.3 Å². The molecule has 33 heavy (non-hydrogen) atoms. The molecule has 178 valence electrons. The number of ether oxygens (including phenoxy) is 1. The number of amides is 3. The molecule has 0 spiro atoms. The van der Waals surface area contributed by atoms with E-state index < -0.39 is 0 Å². The third kappa shape index (κ3) is 6.85. The van der Waals surface area contributed by atoms with E-state index in [0.717, 1.165) is 5.56 Å². The summed E-state index contributed by atoms with van der Waals surface area (Å²) < 4.78 is 5.68. The Bertz CT molecular complexity index is 979. The maximum atomic E-state index is 12.9. The van der Waals surface area contributed by atoms with Crippen molar-refractivity contribution in [3.63, 3.8) is 0 Å². The lowest BCUT2D eigenvalue weighted by molar-refractivity contribution is -0.142. The molecule has 1 aliphatic rings. The zero-order valence-corrected chi connectivity index (χ0v) is 20.6. The number of hydrogen-bond acceptors (Lipinski definition) is 6. The molecule has 3 rings (SSSR count). The zero-order chi connectivity index (χ0) is 24.1. The molecule has 0 saturated carbocycles. The fourth-order valence-corrected chi connectivity index (χ4v) is 4.48. The first-order valence-corrected chi connectivity index (χ1v) is 12.1. The van der Waals surface area contributed by atoms with E-state index in [-0.39, 0.29) is 48.9 Å². The van der Waals surface area contributed by atoms with Crippen molar-refractivity contribution >= 4 is 34.2 Å². The highest BCUT2D eigenvalue weighted by atomic mass is 32.1. The largest absolute Gasteiger partial charge is 0.372 e. The summed E-state index contributed by atoms with van der Waals surface area (Å²) in [4.78, 5) is 45.9. The highest BCUT2D eigenvalue weighted by Gasteiger charge is 2.26. The number of benzene rings is 1. The standard InChI is InChI=1S/C24H32N4O4S/c1-15(2)28(23(31)19-8-6-16(3)7-9-19)13-21(29)26-24-25-20(14-33-24)10-22(30)27-11-17(4)32-18(5)12-27/h6-9,14-15,17-18H,10-13H2,1-5H3,(H,25,26,29). The predicted molar refractivity (Wildman–Crippen MR) is 128 cm³/mol. The van der Waals surface area contributed by atoms with E-state index in [9.17, 15) is 14.4 Å². The van der Waals surface area contributed by atoms with Crippen LogP contribution in [-0.2, 0) is 20.7 Å². The molecule has 2 unspecified atom stereocenters. The van der Waals surface area contributed by atoms with Crippen molar-refractivity contribution in [3.05, 3.63) is 46.5 Å². The molecule has 2 aromatic rings. The summed E-state index contributed by atoms with van der Waals surface area (Å²) in [6, 6.07) is 7.15. The van der Waals surface area contributed by atoms with Gasteiger partial charge in [-0.3, -0.25) is 14.4 Å². The van der Waals surface area contributed by atoms with Crippen molar-refractivity contribution in [3.8, 4) is 0 Å². The van der Waals surface area contributed by atoms with E-state index in [1.54, 1.807) is 22.4 Å². The number of carbonyl (C=O) groups is 3. The van der Waals surface area contributed by atoms with Crippen LogP contribution in [0.15, 0.2) is 29.6 Å². The summed E-state index contributed by atoms with van der Waals surface area (Å²) in [6.07, 6.45) is 0.194. The van der Waals surface area contributed by atoms with Crippen LogP contribution in [-0.4, -0.2) is 70.4 Å². The van der Waals surface area contributed by atoms with Gasteiger partial charge in [0.25, 0.3) is 5.91 Å². The molecule has 1 aliphatic heterocycles. The van der Waals surface area contributed by atoms with Crippen LogP contribution in [0.4, 0.5) is 5.13 Å². The van der Waals surface area contributed by atoms with Gasteiger partial charge in [0.05, 0.1) is 24.3 Å². The second kappa shape index (κ2) is 10.9. The van der Waals surface area contributed by atoms with Gasteiger partial charge in [0.2, 0.25) is 11.8 Å². The molecule has 8 nitrogen and oxygen atoms in total. The minimum atomic E-state index is -0.327. The van der Waals surface area contributed by atoms with Gasteiger partial charge in [-0.25, -0.2) is 4.98 Å². The van der Waals surface area contributed by atoms with Gasteiger partial charge in [0.1, 0.15) is 6.54 Å². The van der Waals surface area contributed by atoms with Crippen molar-refractivity contribution in [2.24, 2.45) is 0 Å². The Hall–Kier alpha value is -2.78. The van der Waals surface area contributed by atoms with Gasteiger partial charge in [-0.15, -0.1) is 11.3 Å². The van der Waals surface area contributed by atoms with Crippen molar-refractivity contribution in [2.75, 3.05) is 25.0 Å². The van der Waals surface area contributed by atoms with Gasteiger partial charge in [-0.2, -0.15) is 0 Å². The summed E-state index contributed by atoms with van der Waals surface area (Å²) in [7, 11) is 0. The molecule has 3 amide bonds. The number of aryl methyl sites for hydroxylation is 1. The molecule has 1 fully saturated rings. The van der Waals surface area contributed by atoms with E-state index in [1.807, 2.05) is 46.8 Å². The van der Waals surface area contributed by atoms with Crippen LogP contribution in [0.2, 0.25) is 0 Å². The highest BCUT2D eigenvalue weighted by Crippen LogP contribution is 2.18. The maximum absolute atomic E-state index is 12.9. The van der Waals surface area contributed by atoms with E-state index in [1.165, 1.54) is 16.2 Å². The number of nitrogens with one attached hydrogen (secondary N) is 1. The van der Waals surface area contributed by atoms with Crippen LogP contribution < -0.4 is 5.32 Å². The molecule has 1 aromatic carbocycles. The minimum absolute atomic E-state index is 0.00476. The second-order valence-electron chi connectivity index (χ2n) is 8.82. The van der Waals surface area contributed by atoms with E-state index in [4.69, 9.17) is 4.74 Å². The molecule has 1 saturated heterocycles. The number of hydrogen-bond donors (Lipinski definition) is 1. The predicted octanol–water partition coefficient (Wildman–Crippen LogP) is 3.12. The van der Waals surface area contributed by atoms with Crippen molar-refractivity contribution in [2.45, 2.75) is 59.3 Å². The van der Waals surface area contributed by atoms with Gasteiger partial charge in [-0.1, -0.05) is 17.7 Å². The average molecular weight is 473 g/mol. The number of aromatic nitrogens is 1. The maximum Gasteiger partial charge on any atom is 0.254 e. The Morgan fingerprint density at radius 2 is 1.82 bits per heavy atom. The summed E-state index contributed by atoms with van der Waals surface area (Å²) in [5, 5.41) is 4.95. The Kier molecular flexibility index (Phi) is 8.20. The van der Waals surface area contributed by atoms with Crippen LogP contribution in [0, 0.1) is 6.92 Å². The number of nitrogens with zero attached hydrogens (tertiary/aromatic N) is 3. The summed E-state index contributed by atoms with van der Waals surface area (Å²) >= 11 is 1.27. The molecular weight excluding hydrogens is 440 g/mol. The van der Waals surface area contributed by atoms with Crippen molar-refractivity contribution in [1.82, 2.24) is 14.8 Å². The number of carbonyl (C=O) groups excluding carboxylic acids is 3. The average Bonchev–Trinajstić information content (AvgIpc) is 3.17.